The van der Waals surface area contributed by atoms with Crippen LogP contribution in [-0.4, -0.2) is 49.5 Å². The fraction of sp³-hybridized carbons (Fsp3) is 0.0556. The number of aliphatic imine (C=N–C) groups is 1. The maximum atomic E-state index is 11.5. The van der Waals surface area contributed by atoms with Gasteiger partial charge in [0.25, 0.3) is 10.1 Å². The van der Waals surface area contributed by atoms with Crippen molar-refractivity contribution in [1.29, 1.82) is 0 Å². The number of ether oxygens (including phenoxy) is 1. The predicted molar refractivity (Wildman–Crippen MR) is 105 cm³/mol. The minimum absolute atomic E-state index is 0. The third-order valence-corrected chi connectivity index (χ3v) is 5.78. The summed E-state index contributed by atoms with van der Waals surface area (Å²) in [6.07, 6.45) is 1.14. The van der Waals surface area contributed by atoms with Crippen LogP contribution in [0.15, 0.2) is 57.2 Å². The molecule has 3 aromatic rings. The zero-order valence-corrected chi connectivity index (χ0v) is 19.8. The van der Waals surface area contributed by atoms with Gasteiger partial charge in [0.05, 0.1) is 22.6 Å². The zero-order chi connectivity index (χ0) is 22.3. The third-order valence-electron chi connectivity index (χ3n) is 4.13. The van der Waals surface area contributed by atoms with Crippen LogP contribution in [0.2, 0.25) is 0 Å². The van der Waals surface area contributed by atoms with E-state index in [1.165, 1.54) is 19.2 Å². The van der Waals surface area contributed by atoms with Gasteiger partial charge in [-0.1, -0.05) is 6.07 Å². The predicted octanol–water partition coefficient (Wildman–Crippen LogP) is -0.835. The second-order valence-electron chi connectivity index (χ2n) is 6.07. The number of phenolic OH excluding ortho intramolecular Hbond substituents is 2. The molecule has 0 radical (unpaired) electrons. The molecule has 31 heavy (non-hydrogen) atoms. The van der Waals surface area contributed by atoms with E-state index in [2.05, 4.69) is 4.99 Å². The van der Waals surface area contributed by atoms with E-state index in [4.69, 9.17) is 4.74 Å². The van der Waals surface area contributed by atoms with Crippen LogP contribution in [0.3, 0.4) is 0 Å². The number of benzene rings is 3. The van der Waals surface area contributed by atoms with Gasteiger partial charge in [0.1, 0.15) is 15.9 Å². The summed E-state index contributed by atoms with van der Waals surface area (Å²) in [7, 11) is -8.34. The SMILES string of the molecule is COc1cccc(C=Nc2cc(S(=O)(=O)[O-])cc3cc(S(=O)(=O)O)cc(O)c23)c1O.[Na+]. The van der Waals surface area contributed by atoms with Crippen LogP contribution in [0.5, 0.6) is 17.2 Å². The molecule has 13 heteroatoms. The number of aromatic hydroxyl groups is 2. The van der Waals surface area contributed by atoms with Crippen LogP contribution in [-0.2, 0) is 20.2 Å². The number of para-hydroxylation sites is 1. The van der Waals surface area contributed by atoms with Crippen LogP contribution in [0.25, 0.3) is 10.8 Å². The van der Waals surface area contributed by atoms with Crippen molar-refractivity contribution in [1.82, 2.24) is 0 Å². The summed E-state index contributed by atoms with van der Waals surface area (Å²) in [5.74, 6) is -0.726. The van der Waals surface area contributed by atoms with Gasteiger partial charge in [0.2, 0.25) is 0 Å². The number of rotatable bonds is 5. The second kappa shape index (κ2) is 9.12. The van der Waals surface area contributed by atoms with Gasteiger partial charge >= 0.3 is 29.6 Å². The van der Waals surface area contributed by atoms with E-state index >= 15 is 0 Å². The zero-order valence-electron chi connectivity index (χ0n) is 16.2. The molecule has 0 saturated heterocycles. The number of nitrogens with zero attached hydrogens (tertiary/aromatic N) is 1. The summed E-state index contributed by atoms with van der Waals surface area (Å²) in [6, 6.07) is 7.93. The molecule has 3 aromatic carbocycles. The summed E-state index contributed by atoms with van der Waals surface area (Å²) < 4.78 is 71.5. The molecule has 0 fully saturated rings. The van der Waals surface area contributed by atoms with E-state index in [0.29, 0.717) is 0 Å². The number of fused-ring (bicyclic) bond motifs is 1. The summed E-state index contributed by atoms with van der Waals surface area (Å²) in [4.78, 5) is 2.62. The molecule has 0 atom stereocenters. The molecule has 0 amide bonds. The Kier molecular flexibility index (Phi) is 7.38. The maximum absolute atomic E-state index is 11.5. The van der Waals surface area contributed by atoms with E-state index in [9.17, 15) is 36.2 Å². The monoisotopic (exact) mass is 475 g/mol. The Morgan fingerprint density at radius 3 is 2.26 bits per heavy atom. The topological polar surface area (TPSA) is 174 Å². The second-order valence-corrected chi connectivity index (χ2v) is 8.87. The van der Waals surface area contributed by atoms with Gasteiger partial charge in [0, 0.05) is 23.2 Å². The fourth-order valence-corrected chi connectivity index (χ4v) is 3.82. The summed E-state index contributed by atoms with van der Waals surface area (Å²) in [5.41, 5.74) is -0.00420. The van der Waals surface area contributed by atoms with Crippen molar-refractivity contribution in [2.75, 3.05) is 7.11 Å². The Hall–Kier alpha value is -2.19. The first kappa shape index (κ1) is 25.1. The molecule has 0 heterocycles. The van der Waals surface area contributed by atoms with Gasteiger partial charge in [0.15, 0.2) is 11.5 Å². The average molecular weight is 475 g/mol. The Morgan fingerprint density at radius 1 is 1.03 bits per heavy atom. The maximum Gasteiger partial charge on any atom is 1.00 e. The minimum Gasteiger partial charge on any atom is -0.744 e. The van der Waals surface area contributed by atoms with Crippen LogP contribution in [0, 0.1) is 0 Å². The molecule has 158 valence electrons. The van der Waals surface area contributed by atoms with Crippen molar-refractivity contribution in [2.45, 2.75) is 9.79 Å². The molecule has 0 aliphatic heterocycles. The van der Waals surface area contributed by atoms with Crippen molar-refractivity contribution in [3.63, 3.8) is 0 Å². The Labute approximate surface area is 199 Å². The number of hydrogen-bond donors (Lipinski definition) is 3. The van der Waals surface area contributed by atoms with E-state index in [-0.39, 0.29) is 63.1 Å². The largest absolute Gasteiger partial charge is 1.00 e. The molecule has 3 rings (SSSR count). The summed E-state index contributed by atoms with van der Waals surface area (Å²) in [5, 5.41) is 20.2. The normalized spacial score (nSPS) is 12.1. The van der Waals surface area contributed by atoms with Crippen LogP contribution in [0.1, 0.15) is 5.56 Å². The van der Waals surface area contributed by atoms with Crippen molar-refractivity contribution >= 4 is 42.9 Å². The van der Waals surface area contributed by atoms with E-state index in [1.807, 2.05) is 0 Å². The molecule has 0 aliphatic rings. The summed E-state index contributed by atoms with van der Waals surface area (Å²) in [6.45, 7) is 0. The summed E-state index contributed by atoms with van der Waals surface area (Å²) >= 11 is 0. The molecule has 3 N–H and O–H groups in total. The average Bonchev–Trinajstić information content (AvgIpc) is 2.65. The molecule has 10 nitrogen and oxygen atoms in total. The first-order valence-electron chi connectivity index (χ1n) is 8.06. The van der Waals surface area contributed by atoms with Crippen molar-refractivity contribution in [2.24, 2.45) is 4.99 Å². The van der Waals surface area contributed by atoms with E-state index in [0.717, 1.165) is 30.5 Å². The molecular formula is C18H14NNaO9S2. The first-order valence-corrected chi connectivity index (χ1v) is 10.9. The van der Waals surface area contributed by atoms with Crippen LogP contribution >= 0.6 is 0 Å². The molecule has 0 aromatic heterocycles. The number of methoxy groups -OCH3 is 1. The van der Waals surface area contributed by atoms with Crippen molar-refractivity contribution < 1.29 is 70.4 Å². The molecule has 0 spiro atoms. The minimum atomic E-state index is -4.97. The quantitative estimate of drug-likeness (QED) is 0.242. The fourth-order valence-electron chi connectivity index (χ4n) is 2.76. The smallest absolute Gasteiger partial charge is 0.744 e. The van der Waals surface area contributed by atoms with Crippen LogP contribution in [0.4, 0.5) is 5.69 Å². The standard InChI is InChI=1S/C18H15NO9S2.Na/c1-28-16-4-2-3-10(18(16)21)9-19-14-7-12(29(22,23)24)5-11-6-13(30(25,26)27)8-15(20)17(11)14;/h2-9,20-21H,1H3,(H,22,23,24)(H,25,26,27);/q;+1/p-1. The van der Waals surface area contributed by atoms with Gasteiger partial charge in [-0.3, -0.25) is 9.55 Å². The first-order chi connectivity index (χ1) is 13.9. The molecule has 0 saturated carbocycles. The van der Waals surface area contributed by atoms with E-state index in [1.54, 1.807) is 6.07 Å². The van der Waals surface area contributed by atoms with Gasteiger partial charge in [-0.2, -0.15) is 8.42 Å². The molecule has 0 unspecified atom stereocenters. The molecule has 0 aliphatic carbocycles. The Morgan fingerprint density at radius 2 is 1.68 bits per heavy atom. The molecular weight excluding hydrogens is 461 g/mol. The van der Waals surface area contributed by atoms with Gasteiger partial charge < -0.3 is 19.5 Å². The number of phenols is 2. The van der Waals surface area contributed by atoms with E-state index < -0.39 is 35.8 Å². The molecule has 0 bridgehead atoms. The van der Waals surface area contributed by atoms with Crippen LogP contribution < -0.4 is 34.3 Å². The van der Waals surface area contributed by atoms with Crippen molar-refractivity contribution in [3.05, 3.63) is 48.0 Å². The Balaban J connectivity index is 0.00000341. The third kappa shape index (κ3) is 5.36. The van der Waals surface area contributed by atoms with Crippen molar-refractivity contribution in [3.8, 4) is 17.2 Å². The Bertz CT molecular complexity index is 1400. The van der Waals surface area contributed by atoms with Gasteiger partial charge in [-0.25, -0.2) is 8.42 Å². The number of hydrogen-bond acceptors (Lipinski definition) is 9. The van der Waals surface area contributed by atoms with Gasteiger partial charge in [-0.05, 0) is 35.7 Å². The van der Waals surface area contributed by atoms with Gasteiger partial charge in [-0.15, -0.1) is 0 Å².